The summed E-state index contributed by atoms with van der Waals surface area (Å²) < 4.78 is 0. The zero-order chi connectivity index (χ0) is 7.40. The van der Waals surface area contributed by atoms with Crippen LogP contribution >= 0.6 is 0 Å². The second-order valence-electron chi connectivity index (χ2n) is 2.37. The molecular weight excluding hydrogens is 132 g/mol. The molecule has 0 aromatic carbocycles. The quantitative estimate of drug-likeness (QED) is 0.546. The zero-order valence-electron chi connectivity index (χ0n) is 5.72. The molecule has 1 aliphatic heterocycles. The van der Waals surface area contributed by atoms with E-state index >= 15 is 0 Å². The van der Waals surface area contributed by atoms with Crippen LogP contribution in [0, 0.1) is 0 Å². The maximum Gasteiger partial charge on any atom is 0.355 e. The Morgan fingerprint density at radius 3 is 2.50 bits per heavy atom. The highest BCUT2D eigenvalue weighted by Crippen LogP contribution is 1.96. The van der Waals surface area contributed by atoms with E-state index < -0.39 is 5.97 Å². The summed E-state index contributed by atoms with van der Waals surface area (Å²) >= 11 is 0. The molecule has 1 heterocycles. The van der Waals surface area contributed by atoms with E-state index in [1.165, 1.54) is 0 Å². The number of hydrogen-bond acceptors (Lipinski definition) is 3. The largest absolute Gasteiger partial charge is 0.355 e. The van der Waals surface area contributed by atoms with E-state index in [0.29, 0.717) is 6.42 Å². The average molecular weight is 143 g/mol. The molecule has 4 heteroatoms. The minimum Gasteiger partial charge on any atom is -0.301 e. The lowest BCUT2D eigenvalue weighted by Crippen LogP contribution is -2.31. The molecule has 2 N–H and O–H groups in total. The lowest BCUT2D eigenvalue weighted by Gasteiger charge is -2.06. The molecule has 1 saturated heterocycles. The Kier molecular flexibility index (Phi) is 2.65. The van der Waals surface area contributed by atoms with Crippen LogP contribution < -0.4 is 10.6 Å². The average Bonchev–Trinajstić information content (AvgIpc) is 2.34. The Morgan fingerprint density at radius 1 is 1.40 bits per heavy atom. The molecule has 1 rings (SSSR count). The maximum absolute atomic E-state index is 9.99. The number of hydrogen-bond donors (Lipinski definition) is 2. The van der Waals surface area contributed by atoms with Crippen LogP contribution in [0.15, 0.2) is 0 Å². The van der Waals surface area contributed by atoms with Crippen molar-refractivity contribution in [3.05, 3.63) is 0 Å². The smallest absolute Gasteiger partial charge is 0.301 e. The van der Waals surface area contributed by atoms with Gasteiger partial charge in [0.05, 0.1) is 12.6 Å². The second-order valence-corrected chi connectivity index (χ2v) is 2.37. The predicted octanol–water partition coefficient (Wildman–Crippen LogP) is -0.757. The van der Waals surface area contributed by atoms with E-state index in [-0.39, 0.29) is 12.6 Å². The fourth-order valence-electron chi connectivity index (χ4n) is 1.03. The van der Waals surface area contributed by atoms with Crippen LogP contribution in [-0.2, 0) is 9.90 Å². The van der Waals surface area contributed by atoms with Gasteiger partial charge >= 0.3 is 5.97 Å². The Hall–Kier alpha value is -0.610. The van der Waals surface area contributed by atoms with E-state index in [0.717, 1.165) is 13.1 Å². The SMILES string of the molecule is [O]C(=O)CCC1NCCN1. The molecule has 0 aliphatic carbocycles. The summed E-state index contributed by atoms with van der Waals surface area (Å²) in [6.45, 7) is 1.86. The lowest BCUT2D eigenvalue weighted by atomic mass is 10.2. The molecule has 0 amide bonds. The Labute approximate surface area is 59.6 Å². The van der Waals surface area contributed by atoms with Gasteiger partial charge in [-0.25, -0.2) is 9.90 Å². The molecule has 4 nitrogen and oxygen atoms in total. The molecule has 0 aromatic rings. The molecule has 0 bridgehead atoms. The minimum absolute atomic E-state index is 0.130. The van der Waals surface area contributed by atoms with Gasteiger partial charge in [0.25, 0.3) is 0 Å². The van der Waals surface area contributed by atoms with Gasteiger partial charge in [0.2, 0.25) is 0 Å². The summed E-state index contributed by atoms with van der Waals surface area (Å²) in [5.74, 6) is -0.976. The summed E-state index contributed by atoms with van der Waals surface area (Å²) in [4.78, 5) is 9.99. The van der Waals surface area contributed by atoms with E-state index in [4.69, 9.17) is 0 Å². The summed E-state index contributed by atoms with van der Waals surface area (Å²) in [5, 5.41) is 16.2. The van der Waals surface area contributed by atoms with Crippen molar-refractivity contribution in [1.82, 2.24) is 10.6 Å². The van der Waals surface area contributed by atoms with Gasteiger partial charge in [0.15, 0.2) is 0 Å². The zero-order valence-corrected chi connectivity index (χ0v) is 5.72. The first-order chi connectivity index (χ1) is 4.79. The highest BCUT2D eigenvalue weighted by atomic mass is 16.4. The number of rotatable bonds is 3. The third-order valence-corrected chi connectivity index (χ3v) is 1.54. The van der Waals surface area contributed by atoms with Gasteiger partial charge in [-0.1, -0.05) is 0 Å². The fraction of sp³-hybridized carbons (Fsp3) is 0.833. The molecule has 1 aliphatic rings. The van der Waals surface area contributed by atoms with Crippen LogP contribution in [0.1, 0.15) is 12.8 Å². The van der Waals surface area contributed by atoms with E-state index in [1.54, 1.807) is 0 Å². The second kappa shape index (κ2) is 3.53. The van der Waals surface area contributed by atoms with Crippen molar-refractivity contribution in [2.75, 3.05) is 13.1 Å². The van der Waals surface area contributed by atoms with Crippen molar-refractivity contribution >= 4 is 5.97 Å². The first kappa shape index (κ1) is 7.50. The molecule has 0 spiro atoms. The van der Waals surface area contributed by atoms with Gasteiger partial charge in [-0.2, -0.15) is 0 Å². The molecule has 0 saturated carbocycles. The third kappa shape index (κ3) is 2.33. The summed E-state index contributed by atoms with van der Waals surface area (Å²) in [7, 11) is 0. The molecule has 0 aromatic heterocycles. The number of carbonyl (C=O) groups is 1. The van der Waals surface area contributed by atoms with Crippen molar-refractivity contribution in [2.45, 2.75) is 19.0 Å². The standard InChI is InChI=1S/C6H11N2O2/c9-6(10)2-1-5-7-3-4-8-5/h5,7-8H,1-4H2. The van der Waals surface area contributed by atoms with Gasteiger partial charge in [0.1, 0.15) is 0 Å². The van der Waals surface area contributed by atoms with Gasteiger partial charge in [0, 0.05) is 13.1 Å². The summed E-state index contributed by atoms with van der Waals surface area (Å²) in [5.41, 5.74) is 0. The molecule has 0 unspecified atom stereocenters. The maximum atomic E-state index is 9.99. The Balaban J connectivity index is 2.07. The van der Waals surface area contributed by atoms with Crippen LogP contribution in [0.4, 0.5) is 0 Å². The highest BCUT2D eigenvalue weighted by Gasteiger charge is 2.13. The topological polar surface area (TPSA) is 61.0 Å². The number of carbonyl (C=O) groups excluding carboxylic acids is 1. The fourth-order valence-corrected chi connectivity index (χ4v) is 1.03. The van der Waals surface area contributed by atoms with Crippen molar-refractivity contribution < 1.29 is 9.90 Å². The van der Waals surface area contributed by atoms with Crippen molar-refractivity contribution in [2.24, 2.45) is 0 Å². The van der Waals surface area contributed by atoms with Gasteiger partial charge in [-0.3, -0.25) is 0 Å². The van der Waals surface area contributed by atoms with Crippen molar-refractivity contribution in [3.8, 4) is 0 Å². The normalized spacial score (nSPS) is 19.6. The van der Waals surface area contributed by atoms with Crippen LogP contribution in [0.25, 0.3) is 0 Å². The Bertz CT molecular complexity index is 121. The van der Waals surface area contributed by atoms with E-state index in [1.807, 2.05) is 0 Å². The third-order valence-electron chi connectivity index (χ3n) is 1.54. The van der Waals surface area contributed by atoms with Gasteiger partial charge < -0.3 is 10.6 Å². The van der Waals surface area contributed by atoms with E-state index in [9.17, 15) is 9.90 Å². The van der Waals surface area contributed by atoms with Crippen LogP contribution in [0.2, 0.25) is 0 Å². The van der Waals surface area contributed by atoms with Crippen LogP contribution in [-0.4, -0.2) is 25.2 Å². The highest BCUT2D eigenvalue weighted by molar-refractivity contribution is 5.66. The molecule has 0 atom stereocenters. The molecule has 57 valence electrons. The molecule has 1 fully saturated rings. The van der Waals surface area contributed by atoms with Crippen molar-refractivity contribution in [1.29, 1.82) is 0 Å². The molecule has 1 radical (unpaired) electrons. The van der Waals surface area contributed by atoms with Gasteiger partial charge in [-0.15, -0.1) is 0 Å². The predicted molar refractivity (Wildman–Crippen MR) is 34.7 cm³/mol. The summed E-state index contributed by atoms with van der Waals surface area (Å²) in [6.07, 6.45) is 0.922. The van der Waals surface area contributed by atoms with Crippen LogP contribution in [0.3, 0.4) is 0 Å². The van der Waals surface area contributed by atoms with Crippen molar-refractivity contribution in [3.63, 3.8) is 0 Å². The molecular formula is C6H11N2O2. The first-order valence-electron chi connectivity index (χ1n) is 3.45. The Morgan fingerprint density at radius 2 is 2.00 bits per heavy atom. The number of nitrogens with one attached hydrogen (secondary N) is 2. The lowest BCUT2D eigenvalue weighted by molar-refractivity contribution is -0.143. The minimum atomic E-state index is -0.976. The molecule has 10 heavy (non-hydrogen) atoms. The van der Waals surface area contributed by atoms with Crippen LogP contribution in [0.5, 0.6) is 0 Å². The van der Waals surface area contributed by atoms with Gasteiger partial charge in [-0.05, 0) is 6.42 Å². The van der Waals surface area contributed by atoms with E-state index in [2.05, 4.69) is 10.6 Å². The monoisotopic (exact) mass is 143 g/mol. The summed E-state index contributed by atoms with van der Waals surface area (Å²) in [6, 6.07) is 0. The first-order valence-corrected chi connectivity index (χ1v) is 3.45.